The molecule has 0 atom stereocenters. The molecule has 0 aromatic heterocycles. The largest absolute Gasteiger partial charge is 0.399 e. The monoisotopic (exact) mass is 130 g/mol. The van der Waals surface area contributed by atoms with Crippen LogP contribution in [0, 0.1) is 0 Å². The molecule has 0 aliphatic heterocycles. The molecule has 2 N–H and O–H groups in total. The van der Waals surface area contributed by atoms with Crippen LogP contribution in [0.4, 0.5) is 5.69 Å². The van der Waals surface area contributed by atoms with Crippen LogP contribution in [0.1, 0.15) is 1.37 Å². The summed E-state index contributed by atoms with van der Waals surface area (Å²) in [6.45, 7) is 0. The molecular weight excluding hydrogens is 122 g/mol. The van der Waals surface area contributed by atoms with Crippen LogP contribution in [-0.4, -0.2) is 0 Å². The molecule has 0 saturated heterocycles. The normalized spacial score (nSPS) is 13.9. The number of halogens is 1. The average Bonchev–Trinajstić information content (AvgIpc) is 1.94. The minimum atomic E-state index is 0.0131. The van der Waals surface area contributed by atoms with Crippen molar-refractivity contribution in [2.24, 2.45) is 0 Å². The van der Waals surface area contributed by atoms with Crippen molar-refractivity contribution in [2.75, 3.05) is 5.72 Å². The Bertz CT molecular complexity index is 264. The first-order valence-corrected chi connectivity index (χ1v) is 2.53. The van der Waals surface area contributed by atoms with Crippen molar-refractivity contribution in [1.82, 2.24) is 0 Å². The summed E-state index contributed by atoms with van der Waals surface area (Å²) in [5.74, 6) is 0. The van der Waals surface area contributed by atoms with Crippen LogP contribution in [0.3, 0.4) is 0 Å². The first-order chi connectivity index (χ1) is 5.13. The zero-order valence-electron chi connectivity index (χ0n) is 7.06. The smallest absolute Gasteiger partial charge is 0.156 e. The maximum absolute atomic E-state index is 7.31. The number of hydrogen-bond donors (Lipinski definition) is 1. The molecule has 0 spiro atoms. The second-order valence-electron chi connectivity index (χ2n) is 1.38. The minimum Gasteiger partial charge on any atom is -0.399 e. The Labute approximate surface area is 57.4 Å². The Kier molecular flexibility index (Phi) is 0.703. The Hall–Kier alpha value is -0.690. The minimum absolute atomic E-state index is 0.0131. The maximum Gasteiger partial charge on any atom is 0.156 e. The molecule has 2 heteroatoms. The molecule has 42 valence electrons. The lowest BCUT2D eigenvalue weighted by atomic mass is 10.3. The molecule has 1 aromatic rings. The predicted molar refractivity (Wildman–Crippen MR) is 35.9 cm³/mol. The van der Waals surface area contributed by atoms with Gasteiger partial charge in [-0.2, -0.15) is 0 Å². The summed E-state index contributed by atoms with van der Waals surface area (Å²) in [6, 6.07) is 4.66. The molecule has 0 heterocycles. The summed E-state index contributed by atoms with van der Waals surface area (Å²) in [6.07, 6.45) is 0. The van der Waals surface area contributed by atoms with Gasteiger partial charge in [-0.05, 0) is 18.2 Å². The van der Waals surface area contributed by atoms with E-state index < -0.39 is 0 Å². The highest BCUT2D eigenvalue weighted by molar-refractivity contribution is 6.30. The Morgan fingerprint density at radius 3 is 3.25 bits per heavy atom. The molecule has 0 fully saturated rings. The number of hydrogen-bond acceptors (Lipinski definition) is 1. The molecule has 0 unspecified atom stereocenters. The fourth-order valence-corrected chi connectivity index (χ4v) is 0.599. The first kappa shape index (κ1) is 2.74. The molecule has 8 heavy (non-hydrogen) atoms. The summed E-state index contributed by atoms with van der Waals surface area (Å²) in [4.78, 5) is 0. The standard InChI is InChI=1S/C6H6ClN/c7-5-2-1-3-6(8)4-5/h1-4H,8H2/i4D/hD2. The summed E-state index contributed by atoms with van der Waals surface area (Å²) in [7, 11) is 0. The van der Waals surface area contributed by atoms with Gasteiger partial charge < -0.3 is 5.72 Å². The van der Waals surface area contributed by atoms with Gasteiger partial charge in [0, 0.05) is 10.7 Å². The zero-order valence-corrected chi connectivity index (χ0v) is 4.81. The van der Waals surface area contributed by atoms with Crippen LogP contribution < -0.4 is 5.72 Å². The van der Waals surface area contributed by atoms with Crippen molar-refractivity contribution in [3.63, 3.8) is 0 Å². The van der Waals surface area contributed by atoms with Crippen LogP contribution in [0.5, 0.6) is 0 Å². The molecule has 0 aliphatic carbocycles. The summed E-state index contributed by atoms with van der Waals surface area (Å²) >= 11 is 5.58. The van der Waals surface area contributed by atoms with Gasteiger partial charge in [0.15, 0.2) is 2.82 Å². The van der Waals surface area contributed by atoms with E-state index in [9.17, 15) is 0 Å². The lowest BCUT2D eigenvalue weighted by Crippen LogP contribution is -1.80. The molecular formula is C6H6ClN. The third-order valence-corrected chi connectivity index (χ3v) is 0.965. The number of benzene rings is 1. The van der Waals surface area contributed by atoms with Crippen LogP contribution in [-0.2, 0) is 0 Å². The van der Waals surface area contributed by atoms with Gasteiger partial charge in [0.2, 0.25) is 0 Å². The quantitative estimate of drug-likeness (QED) is 0.578. The molecule has 0 saturated carbocycles. The summed E-state index contributed by atoms with van der Waals surface area (Å²) in [5, 5.41) is 0.256. The second kappa shape index (κ2) is 2.05. The third-order valence-electron chi connectivity index (χ3n) is 0.744. The van der Waals surface area contributed by atoms with E-state index in [2.05, 4.69) is 0 Å². The SMILES string of the molecule is [2H]c1c(Cl)cccc1N([2H])[2H]. The maximum atomic E-state index is 7.31. The van der Waals surface area contributed by atoms with E-state index >= 15 is 0 Å². The zero-order chi connectivity index (χ0) is 8.43. The number of anilines is 1. The Morgan fingerprint density at radius 1 is 1.75 bits per heavy atom. The molecule has 1 rings (SSSR count). The van der Waals surface area contributed by atoms with E-state index in [-0.39, 0.29) is 16.8 Å². The van der Waals surface area contributed by atoms with Gasteiger partial charge in [-0.15, -0.1) is 0 Å². The van der Waals surface area contributed by atoms with E-state index in [1.54, 1.807) is 12.1 Å². The van der Waals surface area contributed by atoms with Crippen LogP contribution >= 0.6 is 11.6 Å². The van der Waals surface area contributed by atoms with Gasteiger partial charge in [0.05, 0.1) is 1.37 Å². The van der Waals surface area contributed by atoms with Crippen LogP contribution in [0.25, 0.3) is 0 Å². The molecule has 0 amide bonds. The summed E-state index contributed by atoms with van der Waals surface area (Å²) in [5.41, 5.74) is 0.548. The highest BCUT2D eigenvalue weighted by Gasteiger charge is 1.83. The molecule has 0 bridgehead atoms. The van der Waals surface area contributed by atoms with Gasteiger partial charge in [0.1, 0.15) is 0 Å². The third kappa shape index (κ3) is 1.14. The van der Waals surface area contributed by atoms with E-state index in [0.29, 0.717) is 5.72 Å². The number of nitrogens with two attached hydrogens (primary N) is 1. The highest BCUT2D eigenvalue weighted by Crippen LogP contribution is 2.10. The highest BCUT2D eigenvalue weighted by atomic mass is 35.5. The molecule has 0 aliphatic rings. The van der Waals surface area contributed by atoms with E-state index in [4.69, 9.17) is 15.8 Å². The Balaban J connectivity index is 3.17. The molecule has 0 radical (unpaired) electrons. The van der Waals surface area contributed by atoms with Crippen molar-refractivity contribution in [3.05, 3.63) is 29.3 Å². The van der Waals surface area contributed by atoms with E-state index in [1.807, 2.05) is 0 Å². The average molecular weight is 131 g/mol. The fourth-order valence-electron chi connectivity index (χ4n) is 0.429. The molecule has 1 aromatic carbocycles. The van der Waals surface area contributed by atoms with Crippen molar-refractivity contribution in [1.29, 1.82) is 0 Å². The van der Waals surface area contributed by atoms with Gasteiger partial charge in [-0.25, -0.2) is 0 Å². The first-order valence-electron chi connectivity index (χ1n) is 3.55. The van der Waals surface area contributed by atoms with Crippen LogP contribution in [0.15, 0.2) is 24.2 Å². The van der Waals surface area contributed by atoms with Gasteiger partial charge in [-0.3, -0.25) is 0 Å². The van der Waals surface area contributed by atoms with E-state index in [0.717, 1.165) is 0 Å². The van der Waals surface area contributed by atoms with Crippen molar-refractivity contribution >= 4 is 17.3 Å². The van der Waals surface area contributed by atoms with Crippen molar-refractivity contribution in [3.8, 4) is 0 Å². The van der Waals surface area contributed by atoms with Crippen molar-refractivity contribution < 1.29 is 4.19 Å². The summed E-state index contributed by atoms with van der Waals surface area (Å²) < 4.78 is 21.1. The van der Waals surface area contributed by atoms with Gasteiger partial charge >= 0.3 is 0 Å². The topological polar surface area (TPSA) is 26.0 Å². The van der Waals surface area contributed by atoms with Gasteiger partial charge in [0.25, 0.3) is 0 Å². The number of nitrogen functional groups attached to an aromatic ring is 1. The second-order valence-corrected chi connectivity index (χ2v) is 1.79. The lowest BCUT2D eigenvalue weighted by Gasteiger charge is -1.89. The predicted octanol–water partition coefficient (Wildman–Crippen LogP) is 1.92. The van der Waals surface area contributed by atoms with Crippen molar-refractivity contribution in [2.45, 2.75) is 0 Å². The van der Waals surface area contributed by atoms with E-state index in [1.165, 1.54) is 6.07 Å². The fraction of sp³-hybridized carbons (Fsp3) is 0. The number of rotatable bonds is 1. The van der Waals surface area contributed by atoms with Crippen LogP contribution in [0.2, 0.25) is 7.85 Å². The lowest BCUT2D eigenvalue weighted by molar-refractivity contribution is 1.69. The molecule has 1 nitrogen and oxygen atoms in total. The van der Waals surface area contributed by atoms with Gasteiger partial charge in [-0.1, -0.05) is 17.7 Å². The Morgan fingerprint density at radius 2 is 2.62 bits per heavy atom.